The van der Waals surface area contributed by atoms with Gasteiger partial charge in [0.05, 0.1) is 7.11 Å². The standard InChI is InChI=1S/C23H31N5O2.HI/c1-24-22(25-16-18-8-10-20(11-9-18)27-23(29)30-2)26-21-12-14-28(15-13-21)17-19-6-4-3-5-7-19;/h3-11,21H,12-17H2,1-2H3,(H,27,29)(H2,24,25,26);1H. The fraction of sp³-hybridized carbons (Fsp3) is 0.391. The first-order valence-corrected chi connectivity index (χ1v) is 10.3. The Hall–Kier alpha value is -2.33. The number of carbonyl (C=O) groups excluding carboxylic acids is 1. The molecule has 1 aliphatic heterocycles. The second-order valence-electron chi connectivity index (χ2n) is 7.42. The van der Waals surface area contributed by atoms with Crippen molar-refractivity contribution in [1.29, 1.82) is 0 Å². The molecule has 1 fully saturated rings. The number of amides is 1. The Balaban J connectivity index is 0.00000341. The minimum atomic E-state index is -0.472. The minimum Gasteiger partial charge on any atom is -0.453 e. The van der Waals surface area contributed by atoms with E-state index in [9.17, 15) is 4.79 Å². The molecule has 0 aliphatic carbocycles. The number of guanidine groups is 1. The number of likely N-dealkylation sites (tertiary alicyclic amines) is 1. The molecule has 0 spiro atoms. The lowest BCUT2D eigenvalue weighted by atomic mass is 10.0. The zero-order valence-corrected chi connectivity index (χ0v) is 20.5. The van der Waals surface area contributed by atoms with Gasteiger partial charge in [0.1, 0.15) is 0 Å². The van der Waals surface area contributed by atoms with Gasteiger partial charge >= 0.3 is 6.09 Å². The molecule has 0 bridgehead atoms. The summed E-state index contributed by atoms with van der Waals surface area (Å²) in [5.74, 6) is 0.813. The number of benzene rings is 2. The number of piperidine rings is 1. The van der Waals surface area contributed by atoms with Gasteiger partial charge in [-0.2, -0.15) is 0 Å². The van der Waals surface area contributed by atoms with E-state index >= 15 is 0 Å². The van der Waals surface area contributed by atoms with Gasteiger partial charge in [-0.1, -0.05) is 42.5 Å². The van der Waals surface area contributed by atoms with E-state index in [1.807, 2.05) is 24.3 Å². The van der Waals surface area contributed by atoms with Gasteiger partial charge in [0.15, 0.2) is 5.96 Å². The number of hydrogen-bond donors (Lipinski definition) is 3. The molecule has 0 aromatic heterocycles. The van der Waals surface area contributed by atoms with Crippen LogP contribution in [0.1, 0.15) is 24.0 Å². The fourth-order valence-corrected chi connectivity index (χ4v) is 3.53. The molecule has 0 atom stereocenters. The number of halogens is 1. The number of methoxy groups -OCH3 is 1. The Morgan fingerprint density at radius 2 is 1.74 bits per heavy atom. The normalized spacial score (nSPS) is 15.0. The average molecular weight is 537 g/mol. The quantitative estimate of drug-likeness (QED) is 0.297. The maximum absolute atomic E-state index is 11.2. The van der Waals surface area contributed by atoms with Crippen LogP contribution in [0.3, 0.4) is 0 Å². The average Bonchev–Trinajstić information content (AvgIpc) is 2.79. The van der Waals surface area contributed by atoms with Crippen molar-refractivity contribution in [3.63, 3.8) is 0 Å². The van der Waals surface area contributed by atoms with Crippen molar-refractivity contribution in [2.75, 3.05) is 32.6 Å². The number of carbonyl (C=O) groups is 1. The van der Waals surface area contributed by atoms with E-state index in [0.29, 0.717) is 18.3 Å². The Labute approximate surface area is 201 Å². The molecule has 1 saturated heterocycles. The third kappa shape index (κ3) is 8.37. The lowest BCUT2D eigenvalue weighted by Crippen LogP contribution is -2.48. The Kier molecular flexibility index (Phi) is 10.6. The van der Waals surface area contributed by atoms with Gasteiger partial charge in [-0.05, 0) is 36.1 Å². The monoisotopic (exact) mass is 537 g/mol. The van der Waals surface area contributed by atoms with Crippen LogP contribution in [0.4, 0.5) is 10.5 Å². The van der Waals surface area contributed by atoms with Crippen LogP contribution >= 0.6 is 24.0 Å². The first-order chi connectivity index (χ1) is 14.7. The Morgan fingerprint density at radius 3 is 2.35 bits per heavy atom. The highest BCUT2D eigenvalue weighted by Crippen LogP contribution is 2.14. The molecule has 0 radical (unpaired) electrons. The summed E-state index contributed by atoms with van der Waals surface area (Å²) >= 11 is 0. The van der Waals surface area contributed by atoms with E-state index in [2.05, 4.69) is 60.9 Å². The highest BCUT2D eigenvalue weighted by molar-refractivity contribution is 14.0. The summed E-state index contributed by atoms with van der Waals surface area (Å²) in [6.07, 6.45) is 1.73. The second-order valence-corrected chi connectivity index (χ2v) is 7.42. The highest BCUT2D eigenvalue weighted by atomic mass is 127. The number of ether oxygens (including phenoxy) is 1. The first kappa shape index (κ1) is 24.9. The van der Waals surface area contributed by atoms with Gasteiger partial charge in [-0.25, -0.2) is 4.79 Å². The summed E-state index contributed by atoms with van der Waals surface area (Å²) in [4.78, 5) is 18.1. The molecule has 7 nitrogen and oxygen atoms in total. The highest BCUT2D eigenvalue weighted by Gasteiger charge is 2.20. The maximum Gasteiger partial charge on any atom is 0.411 e. The lowest BCUT2D eigenvalue weighted by Gasteiger charge is -2.33. The molecular formula is C23H32IN5O2. The Morgan fingerprint density at radius 1 is 1.06 bits per heavy atom. The van der Waals surface area contributed by atoms with Crippen molar-refractivity contribution in [1.82, 2.24) is 15.5 Å². The summed E-state index contributed by atoms with van der Waals surface area (Å²) in [6, 6.07) is 18.7. The van der Waals surface area contributed by atoms with Gasteiger partial charge in [0, 0.05) is 45.0 Å². The summed E-state index contributed by atoms with van der Waals surface area (Å²) in [5.41, 5.74) is 3.18. The fourth-order valence-electron chi connectivity index (χ4n) is 3.53. The first-order valence-electron chi connectivity index (χ1n) is 10.3. The van der Waals surface area contributed by atoms with Crippen LogP contribution in [0.2, 0.25) is 0 Å². The zero-order chi connectivity index (χ0) is 21.2. The Bertz CT molecular complexity index is 822. The molecule has 31 heavy (non-hydrogen) atoms. The van der Waals surface area contributed by atoms with E-state index in [4.69, 9.17) is 0 Å². The van der Waals surface area contributed by atoms with Crippen molar-refractivity contribution in [3.8, 4) is 0 Å². The van der Waals surface area contributed by atoms with E-state index in [-0.39, 0.29) is 24.0 Å². The summed E-state index contributed by atoms with van der Waals surface area (Å²) in [5, 5.41) is 9.56. The van der Waals surface area contributed by atoms with Gasteiger partial charge in [-0.3, -0.25) is 15.2 Å². The van der Waals surface area contributed by atoms with Crippen LogP contribution in [0.25, 0.3) is 0 Å². The smallest absolute Gasteiger partial charge is 0.411 e. The largest absolute Gasteiger partial charge is 0.453 e. The van der Waals surface area contributed by atoms with Crippen molar-refractivity contribution < 1.29 is 9.53 Å². The summed E-state index contributed by atoms with van der Waals surface area (Å²) in [7, 11) is 3.14. The zero-order valence-electron chi connectivity index (χ0n) is 18.1. The molecule has 8 heteroatoms. The van der Waals surface area contributed by atoms with Crippen LogP contribution in [0.5, 0.6) is 0 Å². The molecule has 1 amide bonds. The molecular weight excluding hydrogens is 505 g/mol. The molecule has 168 valence electrons. The van der Waals surface area contributed by atoms with Gasteiger partial charge in [0.2, 0.25) is 0 Å². The van der Waals surface area contributed by atoms with E-state index in [1.54, 1.807) is 7.05 Å². The lowest BCUT2D eigenvalue weighted by molar-refractivity contribution is 0.187. The number of rotatable bonds is 6. The van der Waals surface area contributed by atoms with Crippen LogP contribution in [0.15, 0.2) is 59.6 Å². The third-order valence-corrected chi connectivity index (χ3v) is 5.25. The number of aliphatic imine (C=N–C) groups is 1. The van der Waals surface area contributed by atoms with E-state index in [0.717, 1.165) is 44.0 Å². The minimum absolute atomic E-state index is 0. The van der Waals surface area contributed by atoms with Crippen molar-refractivity contribution >= 4 is 41.7 Å². The number of nitrogens with one attached hydrogen (secondary N) is 3. The third-order valence-electron chi connectivity index (χ3n) is 5.25. The molecule has 2 aromatic rings. The predicted molar refractivity (Wildman–Crippen MR) is 136 cm³/mol. The number of nitrogens with zero attached hydrogens (tertiary/aromatic N) is 2. The van der Waals surface area contributed by atoms with Crippen molar-refractivity contribution in [2.45, 2.75) is 32.0 Å². The predicted octanol–water partition coefficient (Wildman–Crippen LogP) is 3.81. The van der Waals surface area contributed by atoms with Gasteiger partial charge < -0.3 is 15.4 Å². The molecule has 3 rings (SSSR count). The number of anilines is 1. The van der Waals surface area contributed by atoms with E-state index in [1.165, 1.54) is 12.7 Å². The molecule has 3 N–H and O–H groups in total. The summed E-state index contributed by atoms with van der Waals surface area (Å²) in [6.45, 7) is 3.84. The van der Waals surface area contributed by atoms with Crippen LogP contribution in [-0.2, 0) is 17.8 Å². The number of hydrogen-bond acceptors (Lipinski definition) is 4. The van der Waals surface area contributed by atoms with E-state index < -0.39 is 6.09 Å². The van der Waals surface area contributed by atoms with Crippen LogP contribution < -0.4 is 16.0 Å². The molecule has 0 saturated carbocycles. The SMILES string of the molecule is CN=C(NCc1ccc(NC(=O)OC)cc1)NC1CCN(Cc2ccccc2)CC1.I. The molecule has 1 aliphatic rings. The molecule has 2 aromatic carbocycles. The maximum atomic E-state index is 11.2. The van der Waals surface area contributed by atoms with Gasteiger partial charge in [-0.15, -0.1) is 24.0 Å². The summed E-state index contributed by atoms with van der Waals surface area (Å²) < 4.78 is 4.60. The topological polar surface area (TPSA) is 78.0 Å². The van der Waals surface area contributed by atoms with Crippen LogP contribution in [0, 0.1) is 0 Å². The second kappa shape index (κ2) is 13.2. The van der Waals surface area contributed by atoms with Crippen molar-refractivity contribution in [2.24, 2.45) is 4.99 Å². The van der Waals surface area contributed by atoms with Crippen LogP contribution in [-0.4, -0.2) is 50.2 Å². The van der Waals surface area contributed by atoms with Gasteiger partial charge in [0.25, 0.3) is 0 Å². The molecule has 0 unspecified atom stereocenters. The van der Waals surface area contributed by atoms with Crippen molar-refractivity contribution in [3.05, 3.63) is 65.7 Å². The molecule has 1 heterocycles.